The summed E-state index contributed by atoms with van der Waals surface area (Å²) in [6, 6.07) is 6.45. The number of methoxy groups -OCH3 is 1. The summed E-state index contributed by atoms with van der Waals surface area (Å²) in [5.74, 6) is -0.726. The number of carbonyl (C=O) groups is 2. The maximum atomic E-state index is 12.1. The van der Waals surface area contributed by atoms with Crippen LogP contribution in [-0.2, 0) is 20.7 Å². The summed E-state index contributed by atoms with van der Waals surface area (Å²) in [5, 5.41) is 3.57. The molecule has 25 heavy (non-hydrogen) atoms. The lowest BCUT2D eigenvalue weighted by Crippen LogP contribution is -2.17. The summed E-state index contributed by atoms with van der Waals surface area (Å²) in [5.41, 5.74) is 1.28. The van der Waals surface area contributed by atoms with Crippen molar-refractivity contribution in [1.29, 1.82) is 0 Å². The summed E-state index contributed by atoms with van der Waals surface area (Å²) in [4.78, 5) is 41.6. The Hall–Kier alpha value is -2.32. The number of hydrogen-bond acceptors (Lipinski definition) is 6. The summed E-state index contributed by atoms with van der Waals surface area (Å²) < 4.78 is 4.55. The zero-order chi connectivity index (χ0) is 18.4. The fourth-order valence-electron chi connectivity index (χ4n) is 1.93. The number of halogens is 1. The number of esters is 1. The maximum Gasteiger partial charge on any atom is 0.311 e. The van der Waals surface area contributed by atoms with E-state index in [4.69, 9.17) is 11.6 Å². The average Bonchev–Trinajstić information content (AvgIpc) is 2.56. The van der Waals surface area contributed by atoms with E-state index in [-0.39, 0.29) is 28.9 Å². The minimum atomic E-state index is -0.497. The molecule has 9 heteroatoms. The van der Waals surface area contributed by atoms with Gasteiger partial charge in [0.15, 0.2) is 5.16 Å². The number of ether oxygens (including phenoxy) is 1. The highest BCUT2D eigenvalue weighted by atomic mass is 35.5. The number of nitrogens with one attached hydrogen (secondary N) is 2. The van der Waals surface area contributed by atoms with E-state index in [0.717, 1.165) is 17.3 Å². The Labute approximate surface area is 153 Å². The predicted molar refractivity (Wildman–Crippen MR) is 96.1 cm³/mol. The van der Waals surface area contributed by atoms with Crippen molar-refractivity contribution in [1.82, 2.24) is 9.97 Å². The molecular formula is C16H16ClN3O4S. The average molecular weight is 382 g/mol. The van der Waals surface area contributed by atoms with Crippen LogP contribution in [0.1, 0.15) is 11.3 Å². The Morgan fingerprint density at radius 2 is 2.16 bits per heavy atom. The van der Waals surface area contributed by atoms with Crippen molar-refractivity contribution < 1.29 is 14.3 Å². The topological polar surface area (TPSA) is 101 Å². The van der Waals surface area contributed by atoms with Crippen LogP contribution < -0.4 is 10.9 Å². The highest BCUT2D eigenvalue weighted by Crippen LogP contribution is 2.23. The molecule has 1 aromatic carbocycles. The van der Waals surface area contributed by atoms with Gasteiger partial charge >= 0.3 is 5.97 Å². The zero-order valence-electron chi connectivity index (χ0n) is 13.6. The maximum absolute atomic E-state index is 12.1. The zero-order valence-corrected chi connectivity index (χ0v) is 15.2. The second-order valence-electron chi connectivity index (χ2n) is 5.04. The minimum Gasteiger partial charge on any atom is -0.469 e. The highest BCUT2D eigenvalue weighted by Gasteiger charge is 2.11. The molecule has 2 N–H and O–H groups in total. The fraction of sp³-hybridized carbons (Fsp3) is 0.250. The highest BCUT2D eigenvalue weighted by molar-refractivity contribution is 7.99. The third kappa shape index (κ3) is 5.61. The first-order valence-corrected chi connectivity index (χ1v) is 8.60. The van der Waals surface area contributed by atoms with Crippen LogP contribution in [0.15, 0.2) is 34.2 Å². The Kier molecular flexibility index (Phi) is 6.60. The van der Waals surface area contributed by atoms with Gasteiger partial charge in [-0.2, -0.15) is 0 Å². The van der Waals surface area contributed by atoms with Gasteiger partial charge in [0, 0.05) is 16.8 Å². The molecule has 0 aliphatic rings. The number of rotatable bonds is 6. The van der Waals surface area contributed by atoms with Crippen molar-refractivity contribution in [3.8, 4) is 0 Å². The molecule has 0 bridgehead atoms. The SMILES string of the molecule is COC(=O)Cc1cc(=O)[nH]c(SCC(=O)Nc2cccc(Cl)c2C)n1. The molecule has 0 atom stereocenters. The van der Waals surface area contributed by atoms with Crippen LogP contribution >= 0.6 is 23.4 Å². The Bertz CT molecular complexity index is 854. The van der Waals surface area contributed by atoms with Gasteiger partial charge in [0.25, 0.3) is 5.56 Å². The number of nitrogens with zero attached hydrogens (tertiary/aromatic N) is 1. The number of thioether (sulfide) groups is 1. The standard InChI is InChI=1S/C16H16ClN3O4S/c1-9-11(17)4-3-5-12(9)19-14(22)8-25-16-18-10(6-13(21)20-16)7-15(23)24-2/h3-6H,7-8H2,1-2H3,(H,19,22)(H,18,20,21). The van der Waals surface area contributed by atoms with Crippen molar-refractivity contribution in [3.63, 3.8) is 0 Å². The number of aromatic amines is 1. The van der Waals surface area contributed by atoms with Crippen LogP contribution in [0.4, 0.5) is 5.69 Å². The van der Waals surface area contributed by atoms with E-state index in [2.05, 4.69) is 20.0 Å². The van der Waals surface area contributed by atoms with E-state index in [1.807, 2.05) is 0 Å². The van der Waals surface area contributed by atoms with E-state index < -0.39 is 11.5 Å². The molecule has 1 heterocycles. The van der Waals surface area contributed by atoms with Crippen LogP contribution in [0, 0.1) is 6.92 Å². The van der Waals surface area contributed by atoms with Crippen LogP contribution in [-0.4, -0.2) is 34.7 Å². The molecule has 0 aliphatic carbocycles. The van der Waals surface area contributed by atoms with Gasteiger partial charge in [-0.05, 0) is 24.6 Å². The molecule has 0 saturated carbocycles. The molecule has 0 aliphatic heterocycles. The van der Waals surface area contributed by atoms with Gasteiger partial charge < -0.3 is 15.0 Å². The first-order chi connectivity index (χ1) is 11.9. The Morgan fingerprint density at radius 3 is 2.88 bits per heavy atom. The van der Waals surface area contributed by atoms with Gasteiger partial charge in [0.2, 0.25) is 5.91 Å². The predicted octanol–water partition coefficient (Wildman–Crippen LogP) is 2.18. The largest absolute Gasteiger partial charge is 0.469 e. The van der Waals surface area contributed by atoms with E-state index in [1.165, 1.54) is 13.2 Å². The summed E-state index contributed by atoms with van der Waals surface area (Å²) in [7, 11) is 1.26. The van der Waals surface area contributed by atoms with E-state index in [0.29, 0.717) is 10.7 Å². The van der Waals surface area contributed by atoms with Crippen LogP contribution in [0.3, 0.4) is 0 Å². The molecule has 1 amide bonds. The van der Waals surface area contributed by atoms with E-state index in [9.17, 15) is 14.4 Å². The van der Waals surface area contributed by atoms with Gasteiger partial charge in [-0.15, -0.1) is 0 Å². The molecule has 2 aromatic rings. The first kappa shape index (κ1) is 19.0. The van der Waals surface area contributed by atoms with E-state index >= 15 is 0 Å². The number of amides is 1. The Morgan fingerprint density at radius 1 is 1.40 bits per heavy atom. The normalized spacial score (nSPS) is 10.4. The number of H-pyrrole nitrogens is 1. The van der Waals surface area contributed by atoms with Crippen LogP contribution in [0.25, 0.3) is 0 Å². The Balaban J connectivity index is 2.00. The van der Waals surface area contributed by atoms with Crippen LogP contribution in [0.5, 0.6) is 0 Å². The molecule has 0 unspecified atom stereocenters. The smallest absolute Gasteiger partial charge is 0.311 e. The number of carbonyl (C=O) groups excluding carboxylic acids is 2. The minimum absolute atomic E-state index is 0.0383. The second kappa shape index (κ2) is 8.68. The summed E-state index contributed by atoms with van der Waals surface area (Å²) in [6.45, 7) is 1.81. The number of hydrogen-bond donors (Lipinski definition) is 2. The summed E-state index contributed by atoms with van der Waals surface area (Å²) in [6.07, 6.45) is -0.109. The van der Waals surface area contributed by atoms with E-state index in [1.54, 1.807) is 25.1 Å². The quantitative estimate of drug-likeness (QED) is 0.452. The fourth-order valence-corrected chi connectivity index (χ4v) is 2.79. The lowest BCUT2D eigenvalue weighted by molar-refractivity contribution is -0.139. The van der Waals surface area contributed by atoms with Gasteiger partial charge in [-0.1, -0.05) is 29.4 Å². The van der Waals surface area contributed by atoms with Crippen molar-refractivity contribution in [3.05, 3.63) is 50.9 Å². The molecule has 0 spiro atoms. The first-order valence-electron chi connectivity index (χ1n) is 7.24. The van der Waals surface area contributed by atoms with Crippen molar-refractivity contribution in [2.75, 3.05) is 18.2 Å². The summed E-state index contributed by atoms with van der Waals surface area (Å²) >= 11 is 7.07. The molecule has 2 rings (SSSR count). The van der Waals surface area contributed by atoms with Gasteiger partial charge in [-0.3, -0.25) is 14.4 Å². The van der Waals surface area contributed by atoms with Gasteiger partial charge in [0.05, 0.1) is 25.0 Å². The van der Waals surface area contributed by atoms with Crippen molar-refractivity contribution in [2.45, 2.75) is 18.5 Å². The van der Waals surface area contributed by atoms with Crippen molar-refractivity contribution in [2.24, 2.45) is 0 Å². The van der Waals surface area contributed by atoms with Crippen molar-refractivity contribution >= 4 is 40.9 Å². The number of anilines is 1. The molecule has 0 fully saturated rings. The molecule has 0 radical (unpaired) electrons. The molecule has 132 valence electrons. The van der Waals surface area contributed by atoms with Crippen LogP contribution in [0.2, 0.25) is 5.02 Å². The number of aromatic nitrogens is 2. The lowest BCUT2D eigenvalue weighted by Gasteiger charge is -2.09. The second-order valence-corrected chi connectivity index (χ2v) is 6.42. The van der Waals surface area contributed by atoms with Gasteiger partial charge in [-0.25, -0.2) is 4.98 Å². The molecule has 7 nitrogen and oxygen atoms in total. The molecule has 0 saturated heterocycles. The third-order valence-electron chi connectivity index (χ3n) is 3.21. The molecular weight excluding hydrogens is 366 g/mol. The number of benzene rings is 1. The molecule has 1 aromatic heterocycles. The monoisotopic (exact) mass is 381 g/mol. The third-order valence-corrected chi connectivity index (χ3v) is 4.49. The van der Waals surface area contributed by atoms with Gasteiger partial charge in [0.1, 0.15) is 0 Å². The lowest BCUT2D eigenvalue weighted by atomic mass is 10.2.